The fourth-order valence-corrected chi connectivity index (χ4v) is 2.58. The van der Waals surface area contributed by atoms with Crippen molar-refractivity contribution in [3.63, 3.8) is 0 Å². The van der Waals surface area contributed by atoms with Crippen molar-refractivity contribution in [2.75, 3.05) is 13.2 Å². The van der Waals surface area contributed by atoms with Crippen LogP contribution in [0.1, 0.15) is 37.5 Å². The third-order valence-corrected chi connectivity index (χ3v) is 4.24. The first-order valence-electron chi connectivity index (χ1n) is 9.34. The van der Waals surface area contributed by atoms with Gasteiger partial charge in [-0.1, -0.05) is 12.1 Å². The van der Waals surface area contributed by atoms with Gasteiger partial charge in [-0.2, -0.15) is 0 Å². The lowest BCUT2D eigenvalue weighted by molar-refractivity contribution is -0.127. The molecule has 5 nitrogen and oxygen atoms in total. The van der Waals surface area contributed by atoms with Gasteiger partial charge in [0.15, 0.2) is 17.6 Å². The molecule has 2 aromatic carbocycles. The molecule has 0 spiro atoms. The molecular formula is C22H29NO4. The van der Waals surface area contributed by atoms with Gasteiger partial charge in [0, 0.05) is 6.54 Å². The Morgan fingerprint density at radius 2 is 1.67 bits per heavy atom. The number of aryl methyl sites for hydroxylation is 2. The van der Waals surface area contributed by atoms with Gasteiger partial charge in [0.05, 0.1) is 13.2 Å². The molecule has 0 bridgehead atoms. The van der Waals surface area contributed by atoms with E-state index in [0.29, 0.717) is 37.0 Å². The molecule has 0 fully saturated rings. The van der Waals surface area contributed by atoms with Gasteiger partial charge in [-0.3, -0.25) is 4.79 Å². The van der Waals surface area contributed by atoms with Crippen LogP contribution in [0.15, 0.2) is 36.4 Å². The molecule has 1 amide bonds. The fourth-order valence-electron chi connectivity index (χ4n) is 2.58. The Morgan fingerprint density at radius 3 is 2.33 bits per heavy atom. The quantitative estimate of drug-likeness (QED) is 0.718. The summed E-state index contributed by atoms with van der Waals surface area (Å²) >= 11 is 0. The van der Waals surface area contributed by atoms with E-state index in [4.69, 9.17) is 14.2 Å². The highest BCUT2D eigenvalue weighted by molar-refractivity contribution is 5.80. The highest BCUT2D eigenvalue weighted by Gasteiger charge is 2.15. The van der Waals surface area contributed by atoms with Crippen LogP contribution in [0.4, 0.5) is 0 Å². The lowest BCUT2D eigenvalue weighted by Crippen LogP contribution is -2.35. The second kappa shape index (κ2) is 9.86. The summed E-state index contributed by atoms with van der Waals surface area (Å²) in [5.41, 5.74) is 3.27. The number of ether oxygens (including phenoxy) is 3. The van der Waals surface area contributed by atoms with E-state index in [1.165, 1.54) is 5.56 Å². The average molecular weight is 371 g/mol. The Kier molecular flexibility index (Phi) is 7.53. The van der Waals surface area contributed by atoms with E-state index in [1.807, 2.05) is 64.1 Å². The number of amides is 1. The molecule has 5 heteroatoms. The zero-order valence-corrected chi connectivity index (χ0v) is 16.8. The molecule has 0 aliphatic heterocycles. The highest BCUT2D eigenvalue weighted by atomic mass is 16.5. The number of rotatable bonds is 9. The van der Waals surface area contributed by atoms with Crippen LogP contribution in [0.3, 0.4) is 0 Å². The minimum Gasteiger partial charge on any atom is -0.490 e. The van der Waals surface area contributed by atoms with Crippen LogP contribution in [0.25, 0.3) is 0 Å². The van der Waals surface area contributed by atoms with Crippen LogP contribution in [0.2, 0.25) is 0 Å². The molecule has 2 aromatic rings. The third-order valence-electron chi connectivity index (χ3n) is 4.24. The predicted molar refractivity (Wildman–Crippen MR) is 107 cm³/mol. The van der Waals surface area contributed by atoms with Crippen molar-refractivity contribution in [3.05, 3.63) is 53.1 Å². The van der Waals surface area contributed by atoms with Crippen LogP contribution in [-0.4, -0.2) is 25.2 Å². The van der Waals surface area contributed by atoms with Crippen molar-refractivity contribution in [3.8, 4) is 17.2 Å². The zero-order chi connectivity index (χ0) is 19.8. The Labute approximate surface area is 161 Å². The Morgan fingerprint density at radius 1 is 0.963 bits per heavy atom. The summed E-state index contributed by atoms with van der Waals surface area (Å²) in [6.07, 6.45) is -0.582. The number of hydrogen-bond donors (Lipinski definition) is 1. The molecular weight excluding hydrogens is 342 g/mol. The molecule has 0 saturated heterocycles. The van der Waals surface area contributed by atoms with Gasteiger partial charge in [-0.05, 0) is 75.6 Å². The number of benzene rings is 2. The van der Waals surface area contributed by atoms with E-state index in [1.54, 1.807) is 6.92 Å². The van der Waals surface area contributed by atoms with Gasteiger partial charge >= 0.3 is 0 Å². The molecule has 0 aliphatic carbocycles. The minimum absolute atomic E-state index is 0.167. The summed E-state index contributed by atoms with van der Waals surface area (Å²) in [4.78, 5) is 12.4. The Hall–Kier alpha value is -2.69. The summed E-state index contributed by atoms with van der Waals surface area (Å²) in [5, 5.41) is 2.91. The van der Waals surface area contributed by atoms with Crippen molar-refractivity contribution in [1.29, 1.82) is 0 Å². The molecule has 0 aliphatic rings. The van der Waals surface area contributed by atoms with Crippen molar-refractivity contribution in [2.45, 2.75) is 47.3 Å². The maximum Gasteiger partial charge on any atom is 0.261 e. The highest BCUT2D eigenvalue weighted by Crippen LogP contribution is 2.28. The molecule has 0 aromatic heterocycles. The van der Waals surface area contributed by atoms with Gasteiger partial charge < -0.3 is 19.5 Å². The molecule has 2 rings (SSSR count). The van der Waals surface area contributed by atoms with Crippen LogP contribution >= 0.6 is 0 Å². The van der Waals surface area contributed by atoms with Crippen molar-refractivity contribution >= 4 is 5.91 Å². The van der Waals surface area contributed by atoms with Gasteiger partial charge in [0.2, 0.25) is 0 Å². The average Bonchev–Trinajstić information content (AvgIpc) is 2.65. The number of nitrogens with one attached hydrogen (secondary N) is 1. The van der Waals surface area contributed by atoms with Crippen LogP contribution in [0.5, 0.6) is 17.2 Å². The van der Waals surface area contributed by atoms with Crippen LogP contribution in [0, 0.1) is 13.8 Å². The second-order valence-corrected chi connectivity index (χ2v) is 6.37. The van der Waals surface area contributed by atoms with Crippen molar-refractivity contribution in [1.82, 2.24) is 5.32 Å². The van der Waals surface area contributed by atoms with Gasteiger partial charge in [0.25, 0.3) is 5.91 Å². The monoisotopic (exact) mass is 371 g/mol. The summed E-state index contributed by atoms with van der Waals surface area (Å²) in [6.45, 7) is 11.2. The number of hydrogen-bond acceptors (Lipinski definition) is 4. The fraction of sp³-hybridized carbons (Fsp3) is 0.409. The molecule has 0 heterocycles. The maximum atomic E-state index is 12.4. The van der Waals surface area contributed by atoms with E-state index >= 15 is 0 Å². The Balaban J connectivity index is 1.95. The summed E-state index contributed by atoms with van der Waals surface area (Å²) in [5.74, 6) is 1.92. The summed E-state index contributed by atoms with van der Waals surface area (Å²) < 4.78 is 16.9. The van der Waals surface area contributed by atoms with Gasteiger partial charge in [-0.25, -0.2) is 0 Å². The summed E-state index contributed by atoms with van der Waals surface area (Å²) in [6, 6.07) is 11.5. The molecule has 27 heavy (non-hydrogen) atoms. The Bertz CT molecular complexity index is 773. The molecule has 0 radical (unpaired) electrons. The van der Waals surface area contributed by atoms with E-state index < -0.39 is 6.10 Å². The van der Waals surface area contributed by atoms with Crippen molar-refractivity contribution in [2.24, 2.45) is 0 Å². The molecule has 1 N–H and O–H groups in total. The van der Waals surface area contributed by atoms with E-state index in [2.05, 4.69) is 5.32 Å². The smallest absolute Gasteiger partial charge is 0.261 e. The SMILES string of the molecule is CCOc1ccc(CNC(=O)C(C)Oc2ccc(C)c(C)c2)cc1OCC. The molecule has 1 unspecified atom stereocenters. The second-order valence-electron chi connectivity index (χ2n) is 6.37. The molecule has 146 valence electrons. The van der Waals surface area contributed by atoms with Crippen molar-refractivity contribution < 1.29 is 19.0 Å². The first kappa shape index (κ1) is 20.6. The standard InChI is InChI=1S/C22H29NO4/c1-6-25-20-11-9-18(13-21(20)26-7-2)14-23-22(24)17(5)27-19-10-8-15(3)16(4)12-19/h8-13,17H,6-7,14H2,1-5H3,(H,23,24). The summed E-state index contributed by atoms with van der Waals surface area (Å²) in [7, 11) is 0. The van der Waals surface area contributed by atoms with Gasteiger partial charge in [0.1, 0.15) is 5.75 Å². The van der Waals surface area contributed by atoms with Crippen LogP contribution < -0.4 is 19.5 Å². The van der Waals surface area contributed by atoms with Gasteiger partial charge in [-0.15, -0.1) is 0 Å². The minimum atomic E-state index is -0.582. The third kappa shape index (κ3) is 5.91. The van der Waals surface area contributed by atoms with Crippen LogP contribution in [-0.2, 0) is 11.3 Å². The normalized spacial score (nSPS) is 11.6. The molecule has 0 saturated carbocycles. The number of carbonyl (C=O) groups excluding carboxylic acids is 1. The maximum absolute atomic E-state index is 12.4. The number of carbonyl (C=O) groups is 1. The van der Waals surface area contributed by atoms with E-state index in [0.717, 1.165) is 11.1 Å². The lowest BCUT2D eigenvalue weighted by Gasteiger charge is -2.16. The van der Waals surface area contributed by atoms with E-state index in [-0.39, 0.29) is 5.91 Å². The topological polar surface area (TPSA) is 56.8 Å². The predicted octanol–water partition coefficient (Wildman–Crippen LogP) is 4.18. The van der Waals surface area contributed by atoms with E-state index in [9.17, 15) is 4.79 Å². The lowest BCUT2D eigenvalue weighted by atomic mass is 10.1. The zero-order valence-electron chi connectivity index (χ0n) is 16.8. The first-order chi connectivity index (χ1) is 12.9. The largest absolute Gasteiger partial charge is 0.490 e. The molecule has 1 atom stereocenters. The first-order valence-corrected chi connectivity index (χ1v) is 9.34.